The molecule has 1 aromatic heterocycles. The molecule has 4 nitrogen and oxygen atoms in total. The average molecular weight is 194 g/mol. The summed E-state index contributed by atoms with van der Waals surface area (Å²) in [7, 11) is 0. The fourth-order valence-electron chi connectivity index (χ4n) is 1.60. The number of nitrogens with one attached hydrogen (secondary N) is 2. The minimum Gasteiger partial charge on any atom is -0.486 e. The number of pyridine rings is 1. The zero-order valence-electron chi connectivity index (χ0n) is 7.95. The zero-order chi connectivity index (χ0) is 9.80. The van der Waals surface area contributed by atoms with Gasteiger partial charge in [-0.3, -0.25) is 4.79 Å². The number of hydrogen-bond acceptors (Lipinski definition) is 3. The third-order valence-electron chi connectivity index (χ3n) is 2.39. The maximum Gasteiger partial charge on any atom is 0.223 e. The molecule has 1 aliphatic heterocycles. The summed E-state index contributed by atoms with van der Waals surface area (Å²) in [5, 5.41) is 3.31. The molecular weight excluding hydrogens is 180 g/mol. The van der Waals surface area contributed by atoms with E-state index in [0.29, 0.717) is 18.4 Å². The number of ether oxygens (including phenoxy) is 1. The van der Waals surface area contributed by atoms with Gasteiger partial charge in [0.2, 0.25) is 5.43 Å². The van der Waals surface area contributed by atoms with Crippen LogP contribution in [0.2, 0.25) is 0 Å². The van der Waals surface area contributed by atoms with Gasteiger partial charge in [-0.1, -0.05) is 0 Å². The molecule has 0 aromatic carbocycles. The maximum atomic E-state index is 11.3. The standard InChI is InChI=1S/C10H14N2O2/c13-9-3-5-11-6-10(9)14-7-8-2-1-4-12-8/h3,5-6,8,12H,1-2,4,7H2,(H,11,13). The molecule has 14 heavy (non-hydrogen) atoms. The van der Waals surface area contributed by atoms with E-state index in [9.17, 15) is 4.79 Å². The van der Waals surface area contributed by atoms with Gasteiger partial charge < -0.3 is 15.0 Å². The van der Waals surface area contributed by atoms with Gasteiger partial charge in [-0.05, 0) is 19.4 Å². The van der Waals surface area contributed by atoms with E-state index < -0.39 is 0 Å². The van der Waals surface area contributed by atoms with Gasteiger partial charge in [0, 0.05) is 24.5 Å². The Morgan fingerprint density at radius 3 is 3.21 bits per heavy atom. The molecule has 2 N–H and O–H groups in total. The van der Waals surface area contributed by atoms with Crippen molar-refractivity contribution in [1.29, 1.82) is 0 Å². The van der Waals surface area contributed by atoms with Crippen molar-refractivity contribution in [3.63, 3.8) is 0 Å². The summed E-state index contributed by atoms with van der Waals surface area (Å²) >= 11 is 0. The first-order valence-electron chi connectivity index (χ1n) is 4.89. The van der Waals surface area contributed by atoms with Crippen LogP contribution in [-0.4, -0.2) is 24.2 Å². The second-order valence-corrected chi connectivity index (χ2v) is 3.48. The Kier molecular flexibility index (Phi) is 2.84. The highest BCUT2D eigenvalue weighted by atomic mass is 16.5. The third-order valence-corrected chi connectivity index (χ3v) is 2.39. The quantitative estimate of drug-likeness (QED) is 0.737. The molecule has 0 radical (unpaired) electrons. The summed E-state index contributed by atoms with van der Waals surface area (Å²) in [5.74, 6) is 0.404. The highest BCUT2D eigenvalue weighted by molar-refractivity contribution is 5.16. The van der Waals surface area contributed by atoms with E-state index in [0.717, 1.165) is 13.0 Å². The Bertz CT molecular complexity index is 342. The Morgan fingerprint density at radius 2 is 2.50 bits per heavy atom. The van der Waals surface area contributed by atoms with Crippen LogP contribution in [0.4, 0.5) is 0 Å². The Balaban J connectivity index is 1.91. The van der Waals surface area contributed by atoms with Crippen LogP contribution < -0.4 is 15.5 Å². The monoisotopic (exact) mass is 194 g/mol. The fourth-order valence-corrected chi connectivity index (χ4v) is 1.60. The molecular formula is C10H14N2O2. The molecule has 0 bridgehead atoms. The van der Waals surface area contributed by atoms with Crippen LogP contribution in [-0.2, 0) is 0 Å². The van der Waals surface area contributed by atoms with Gasteiger partial charge in [-0.2, -0.15) is 0 Å². The lowest BCUT2D eigenvalue weighted by atomic mass is 10.2. The van der Waals surface area contributed by atoms with Crippen LogP contribution in [0.1, 0.15) is 12.8 Å². The SMILES string of the molecule is O=c1cc[nH]cc1OCC1CCCN1. The summed E-state index contributed by atoms with van der Waals surface area (Å²) in [5.41, 5.74) is -0.0678. The number of H-pyrrole nitrogens is 1. The van der Waals surface area contributed by atoms with Crippen LogP contribution in [0, 0.1) is 0 Å². The molecule has 2 rings (SSSR count). The van der Waals surface area contributed by atoms with Crippen molar-refractivity contribution in [2.45, 2.75) is 18.9 Å². The summed E-state index contributed by atoms with van der Waals surface area (Å²) in [4.78, 5) is 14.1. The number of aromatic nitrogens is 1. The maximum absolute atomic E-state index is 11.3. The van der Waals surface area contributed by atoms with Crippen LogP contribution in [0.5, 0.6) is 5.75 Å². The van der Waals surface area contributed by atoms with Gasteiger partial charge >= 0.3 is 0 Å². The van der Waals surface area contributed by atoms with Crippen molar-refractivity contribution in [3.05, 3.63) is 28.7 Å². The molecule has 1 saturated heterocycles. The van der Waals surface area contributed by atoms with E-state index in [4.69, 9.17) is 4.74 Å². The first-order chi connectivity index (χ1) is 6.86. The molecule has 0 aliphatic carbocycles. The molecule has 0 saturated carbocycles. The summed E-state index contributed by atoms with van der Waals surface area (Å²) in [6.07, 6.45) is 5.52. The zero-order valence-corrected chi connectivity index (χ0v) is 7.95. The molecule has 1 aromatic rings. The van der Waals surface area contributed by atoms with Gasteiger partial charge in [0.15, 0.2) is 5.75 Å². The van der Waals surface area contributed by atoms with Crippen molar-refractivity contribution in [3.8, 4) is 5.75 Å². The summed E-state index contributed by atoms with van der Waals surface area (Å²) in [6, 6.07) is 1.87. The predicted molar refractivity (Wildman–Crippen MR) is 53.6 cm³/mol. The first-order valence-corrected chi connectivity index (χ1v) is 4.89. The molecule has 0 spiro atoms. The van der Waals surface area contributed by atoms with E-state index in [1.165, 1.54) is 12.5 Å². The second kappa shape index (κ2) is 4.28. The van der Waals surface area contributed by atoms with E-state index in [-0.39, 0.29) is 5.43 Å². The van der Waals surface area contributed by atoms with Crippen LogP contribution in [0.3, 0.4) is 0 Å². The van der Waals surface area contributed by atoms with Gasteiger partial charge in [0.05, 0.1) is 0 Å². The molecule has 1 aliphatic rings. The van der Waals surface area contributed by atoms with Crippen molar-refractivity contribution in [2.24, 2.45) is 0 Å². The van der Waals surface area contributed by atoms with E-state index >= 15 is 0 Å². The molecule has 1 atom stereocenters. The second-order valence-electron chi connectivity index (χ2n) is 3.48. The largest absolute Gasteiger partial charge is 0.486 e. The molecule has 4 heteroatoms. The van der Waals surface area contributed by atoms with Gasteiger partial charge in [-0.15, -0.1) is 0 Å². The van der Waals surface area contributed by atoms with Gasteiger partial charge in [0.1, 0.15) is 6.61 Å². The average Bonchev–Trinajstić information content (AvgIpc) is 2.69. The lowest BCUT2D eigenvalue weighted by Gasteiger charge is -2.10. The van der Waals surface area contributed by atoms with E-state index in [1.54, 1.807) is 12.4 Å². The fraction of sp³-hybridized carbons (Fsp3) is 0.500. The van der Waals surface area contributed by atoms with E-state index in [2.05, 4.69) is 10.3 Å². The highest BCUT2D eigenvalue weighted by Gasteiger charge is 2.14. The Labute approximate surface area is 82.3 Å². The lowest BCUT2D eigenvalue weighted by molar-refractivity contribution is 0.274. The van der Waals surface area contributed by atoms with Gasteiger partial charge in [-0.25, -0.2) is 0 Å². The number of hydrogen-bond donors (Lipinski definition) is 2. The molecule has 0 amide bonds. The topological polar surface area (TPSA) is 54.1 Å². The van der Waals surface area contributed by atoms with Crippen molar-refractivity contribution >= 4 is 0 Å². The minimum absolute atomic E-state index is 0.0678. The molecule has 2 heterocycles. The van der Waals surface area contributed by atoms with Crippen LogP contribution >= 0.6 is 0 Å². The lowest BCUT2D eigenvalue weighted by Crippen LogP contribution is -2.29. The van der Waals surface area contributed by atoms with E-state index in [1.807, 2.05) is 0 Å². The normalized spacial score (nSPS) is 21.0. The Morgan fingerprint density at radius 1 is 1.57 bits per heavy atom. The number of aromatic amines is 1. The molecule has 1 unspecified atom stereocenters. The summed E-state index contributed by atoms with van der Waals surface area (Å²) < 4.78 is 5.41. The predicted octanol–water partition coefficient (Wildman–Crippen LogP) is 0.506. The number of rotatable bonds is 3. The van der Waals surface area contributed by atoms with Crippen molar-refractivity contribution < 1.29 is 4.74 Å². The first kappa shape index (κ1) is 9.27. The van der Waals surface area contributed by atoms with Crippen molar-refractivity contribution in [1.82, 2.24) is 10.3 Å². The van der Waals surface area contributed by atoms with Crippen molar-refractivity contribution in [2.75, 3.05) is 13.2 Å². The summed E-state index contributed by atoms with van der Waals surface area (Å²) in [6.45, 7) is 1.63. The third kappa shape index (κ3) is 2.14. The van der Waals surface area contributed by atoms with Gasteiger partial charge in [0.25, 0.3) is 0 Å². The molecule has 76 valence electrons. The smallest absolute Gasteiger partial charge is 0.223 e. The van der Waals surface area contributed by atoms with Crippen LogP contribution in [0.25, 0.3) is 0 Å². The highest BCUT2D eigenvalue weighted by Crippen LogP contribution is 2.07. The Hall–Kier alpha value is -1.29. The molecule has 1 fully saturated rings. The minimum atomic E-state index is -0.0678. The van der Waals surface area contributed by atoms with Crippen LogP contribution in [0.15, 0.2) is 23.3 Å².